The van der Waals surface area contributed by atoms with Gasteiger partial charge in [0.2, 0.25) is 0 Å². The van der Waals surface area contributed by atoms with Crippen LogP contribution in [0.1, 0.15) is 34.3 Å². The van der Waals surface area contributed by atoms with E-state index in [1.165, 1.54) is 17.7 Å². The van der Waals surface area contributed by atoms with Crippen molar-refractivity contribution in [2.75, 3.05) is 43.1 Å². The van der Waals surface area contributed by atoms with Crippen LogP contribution in [0.25, 0.3) is 16.9 Å². The SMILES string of the molecule is O=C1NCc2c(-c3cnc4cc(F)ccn34)ccc(Nc3ccc4c(n3)N(CCO)CC43CCOCC3)c21. The molecule has 0 bridgehead atoms. The molecule has 3 aliphatic rings. The number of aromatic nitrogens is 3. The van der Waals surface area contributed by atoms with Gasteiger partial charge in [0.05, 0.1) is 29.7 Å². The number of rotatable bonds is 5. The van der Waals surface area contributed by atoms with Crippen LogP contribution in [0.4, 0.5) is 21.7 Å². The summed E-state index contributed by atoms with van der Waals surface area (Å²) in [7, 11) is 0. The number of aliphatic hydroxyl groups is 1. The summed E-state index contributed by atoms with van der Waals surface area (Å²) in [6.07, 6.45) is 5.21. The van der Waals surface area contributed by atoms with Crippen molar-refractivity contribution in [3.8, 4) is 11.3 Å². The molecule has 38 heavy (non-hydrogen) atoms. The lowest BCUT2D eigenvalue weighted by Crippen LogP contribution is -2.39. The van der Waals surface area contributed by atoms with Crippen molar-refractivity contribution in [1.29, 1.82) is 0 Å². The monoisotopic (exact) mass is 514 g/mol. The molecule has 9 nitrogen and oxygen atoms in total. The third-order valence-electron chi connectivity index (χ3n) is 8.04. The van der Waals surface area contributed by atoms with E-state index in [0.717, 1.165) is 55.2 Å². The Labute approximate surface area is 218 Å². The molecule has 3 aromatic heterocycles. The molecule has 4 aromatic rings. The molecule has 0 atom stereocenters. The normalized spacial score (nSPS) is 17.6. The third-order valence-corrected chi connectivity index (χ3v) is 8.04. The van der Waals surface area contributed by atoms with Gasteiger partial charge in [0, 0.05) is 61.7 Å². The van der Waals surface area contributed by atoms with E-state index in [1.54, 1.807) is 12.4 Å². The predicted molar refractivity (Wildman–Crippen MR) is 140 cm³/mol. The predicted octanol–water partition coefficient (Wildman–Crippen LogP) is 3.38. The first-order chi connectivity index (χ1) is 18.6. The zero-order valence-electron chi connectivity index (χ0n) is 20.7. The van der Waals surface area contributed by atoms with Crippen LogP contribution in [0, 0.1) is 5.82 Å². The number of imidazole rings is 1. The van der Waals surface area contributed by atoms with Crippen molar-refractivity contribution in [2.24, 2.45) is 0 Å². The van der Waals surface area contributed by atoms with Gasteiger partial charge in [0.1, 0.15) is 23.1 Å². The molecule has 194 valence electrons. The summed E-state index contributed by atoms with van der Waals surface area (Å²) < 4.78 is 21.1. The fraction of sp³-hybridized carbons (Fsp3) is 0.321. The van der Waals surface area contributed by atoms with Crippen LogP contribution in [-0.4, -0.2) is 58.3 Å². The van der Waals surface area contributed by atoms with E-state index in [4.69, 9.17) is 9.72 Å². The number of anilines is 3. The third kappa shape index (κ3) is 3.55. The standard InChI is InChI=1S/C28H27FN6O3/c29-17-5-8-35-22(15-30-24(35)13-17)18-1-3-21(25-19(18)14-31-27(25)37)32-23-4-2-20-26(33-23)34(9-10-36)16-28(20)6-11-38-12-7-28/h1-5,8,13,15,36H,6-7,9-12,14,16H2,(H,31,37)(H,32,33). The van der Waals surface area contributed by atoms with Crippen LogP contribution in [0.2, 0.25) is 0 Å². The van der Waals surface area contributed by atoms with E-state index in [2.05, 4.69) is 26.6 Å². The Bertz CT molecular complexity index is 1580. The lowest BCUT2D eigenvalue weighted by atomic mass is 9.76. The highest BCUT2D eigenvalue weighted by atomic mass is 19.1. The zero-order valence-corrected chi connectivity index (χ0v) is 20.7. The lowest BCUT2D eigenvalue weighted by Gasteiger charge is -2.34. The first-order valence-electron chi connectivity index (χ1n) is 12.9. The number of pyridine rings is 2. The van der Waals surface area contributed by atoms with E-state index in [-0.39, 0.29) is 23.7 Å². The minimum Gasteiger partial charge on any atom is -0.395 e. The molecule has 1 aromatic carbocycles. The van der Waals surface area contributed by atoms with E-state index in [0.29, 0.717) is 35.8 Å². The van der Waals surface area contributed by atoms with Crippen LogP contribution in [0.5, 0.6) is 0 Å². The maximum Gasteiger partial charge on any atom is 0.254 e. The second-order valence-corrected chi connectivity index (χ2v) is 10.1. The number of halogens is 1. The Morgan fingerprint density at radius 1 is 1.18 bits per heavy atom. The summed E-state index contributed by atoms with van der Waals surface area (Å²) in [5.74, 6) is 1.00. The van der Waals surface area contributed by atoms with E-state index >= 15 is 0 Å². The lowest BCUT2D eigenvalue weighted by molar-refractivity contribution is 0.0552. The molecule has 1 spiro atoms. The fourth-order valence-electron chi connectivity index (χ4n) is 6.18. The molecule has 3 N–H and O–H groups in total. The number of benzene rings is 1. The fourth-order valence-corrected chi connectivity index (χ4v) is 6.18. The van der Waals surface area contributed by atoms with Crippen molar-refractivity contribution in [1.82, 2.24) is 19.7 Å². The highest BCUT2D eigenvalue weighted by Gasteiger charge is 2.44. The van der Waals surface area contributed by atoms with Crippen molar-refractivity contribution in [3.63, 3.8) is 0 Å². The first-order valence-corrected chi connectivity index (χ1v) is 12.9. The van der Waals surface area contributed by atoms with E-state index in [9.17, 15) is 14.3 Å². The van der Waals surface area contributed by atoms with Crippen molar-refractivity contribution >= 4 is 28.9 Å². The molecule has 3 aliphatic heterocycles. The zero-order chi connectivity index (χ0) is 25.9. The van der Waals surface area contributed by atoms with Gasteiger partial charge in [0.25, 0.3) is 5.91 Å². The largest absolute Gasteiger partial charge is 0.395 e. The van der Waals surface area contributed by atoms with Crippen LogP contribution >= 0.6 is 0 Å². The molecule has 7 rings (SSSR count). The maximum atomic E-state index is 13.7. The topological polar surface area (TPSA) is 104 Å². The van der Waals surface area contributed by atoms with Gasteiger partial charge in [-0.3, -0.25) is 9.20 Å². The Morgan fingerprint density at radius 3 is 2.89 bits per heavy atom. The summed E-state index contributed by atoms with van der Waals surface area (Å²) in [6, 6.07) is 10.7. The Morgan fingerprint density at radius 2 is 2.05 bits per heavy atom. The van der Waals surface area contributed by atoms with Gasteiger partial charge in [0.15, 0.2) is 0 Å². The quantitative estimate of drug-likeness (QED) is 0.375. The van der Waals surface area contributed by atoms with Gasteiger partial charge in [-0.1, -0.05) is 12.1 Å². The Hall–Kier alpha value is -4.02. The van der Waals surface area contributed by atoms with Gasteiger partial charge in [-0.2, -0.15) is 0 Å². The highest BCUT2D eigenvalue weighted by molar-refractivity contribution is 6.06. The van der Waals surface area contributed by atoms with Gasteiger partial charge >= 0.3 is 0 Å². The van der Waals surface area contributed by atoms with Gasteiger partial charge in [-0.15, -0.1) is 0 Å². The first kappa shape index (κ1) is 23.1. The summed E-state index contributed by atoms with van der Waals surface area (Å²) in [6.45, 7) is 3.22. The van der Waals surface area contributed by atoms with Crippen molar-refractivity contribution in [3.05, 3.63) is 71.3 Å². The van der Waals surface area contributed by atoms with Gasteiger partial charge in [-0.05, 0) is 36.6 Å². The van der Waals surface area contributed by atoms with Crippen LogP contribution in [-0.2, 0) is 16.7 Å². The molecule has 1 fully saturated rings. The Balaban J connectivity index is 1.26. The van der Waals surface area contributed by atoms with E-state index < -0.39 is 0 Å². The average Bonchev–Trinajstić information content (AvgIpc) is 3.60. The minimum absolute atomic E-state index is 0.00596. The van der Waals surface area contributed by atoms with Crippen molar-refractivity contribution in [2.45, 2.75) is 24.8 Å². The molecule has 0 aliphatic carbocycles. The van der Waals surface area contributed by atoms with E-state index in [1.807, 2.05) is 22.6 Å². The summed E-state index contributed by atoms with van der Waals surface area (Å²) >= 11 is 0. The molecule has 0 unspecified atom stereocenters. The van der Waals surface area contributed by atoms with Crippen LogP contribution < -0.4 is 15.5 Å². The summed E-state index contributed by atoms with van der Waals surface area (Å²) in [4.78, 5) is 24.4. The second-order valence-electron chi connectivity index (χ2n) is 10.1. The number of nitrogens with zero attached hydrogens (tertiary/aromatic N) is 4. The number of carbonyl (C=O) groups is 1. The molecule has 1 saturated heterocycles. The van der Waals surface area contributed by atoms with Crippen LogP contribution in [0.3, 0.4) is 0 Å². The number of hydrogen-bond donors (Lipinski definition) is 3. The summed E-state index contributed by atoms with van der Waals surface area (Å²) in [5.41, 5.74) is 5.43. The van der Waals surface area contributed by atoms with Gasteiger partial charge < -0.3 is 25.4 Å². The Kier molecular flexibility index (Phi) is 5.34. The number of amides is 1. The number of nitrogens with one attached hydrogen (secondary N) is 2. The molecule has 1 amide bonds. The van der Waals surface area contributed by atoms with Crippen molar-refractivity contribution < 1.29 is 19.0 Å². The molecule has 6 heterocycles. The molecule has 10 heteroatoms. The molecule has 0 saturated carbocycles. The number of fused-ring (bicyclic) bond motifs is 4. The smallest absolute Gasteiger partial charge is 0.254 e. The minimum atomic E-state index is -0.349. The summed E-state index contributed by atoms with van der Waals surface area (Å²) in [5, 5.41) is 16.0. The second kappa shape index (κ2) is 8.78. The number of hydrogen-bond acceptors (Lipinski definition) is 7. The maximum absolute atomic E-state index is 13.7. The highest BCUT2D eigenvalue weighted by Crippen LogP contribution is 2.46. The number of carbonyl (C=O) groups excluding carboxylic acids is 1. The number of ether oxygens (including phenoxy) is 1. The molecular weight excluding hydrogens is 487 g/mol. The molecule has 0 radical (unpaired) electrons. The number of aliphatic hydroxyl groups excluding tert-OH is 1. The molecular formula is C28H27FN6O3. The average molecular weight is 515 g/mol. The van der Waals surface area contributed by atoms with Gasteiger partial charge in [-0.25, -0.2) is 14.4 Å². The number of β-amino-alcohol motifs (C(OH)–C–C–N with tert-alkyl or cyclic N) is 1. The van der Waals surface area contributed by atoms with Crippen LogP contribution in [0.15, 0.2) is 48.8 Å².